The van der Waals surface area contributed by atoms with Gasteiger partial charge in [0.15, 0.2) is 5.76 Å². The number of nitrogens with zero attached hydrogens (tertiary/aromatic N) is 1. The van der Waals surface area contributed by atoms with Crippen molar-refractivity contribution in [3.8, 4) is 11.3 Å². The molecule has 2 N–H and O–H groups in total. The number of halogens is 1. The van der Waals surface area contributed by atoms with Gasteiger partial charge in [0.1, 0.15) is 5.69 Å². The van der Waals surface area contributed by atoms with Gasteiger partial charge >= 0.3 is 0 Å². The standard InChI is InChI=1S/C19H16ClN3O3/c20-15-8-6-13(7-9-15)17-10-16(23-26-17)11-21-18(24)12-22-19(25)14-4-2-1-3-5-14/h1-10H,11-12H2,(H,21,24)(H,22,25). The molecule has 1 aromatic heterocycles. The van der Waals surface area contributed by atoms with Crippen molar-refractivity contribution in [2.75, 3.05) is 6.54 Å². The summed E-state index contributed by atoms with van der Waals surface area (Å²) in [6.07, 6.45) is 0. The summed E-state index contributed by atoms with van der Waals surface area (Å²) >= 11 is 5.86. The fourth-order valence-electron chi connectivity index (χ4n) is 2.25. The Morgan fingerprint density at radius 3 is 2.46 bits per heavy atom. The van der Waals surface area contributed by atoms with Crippen LogP contribution in [-0.4, -0.2) is 23.5 Å². The molecule has 2 aromatic carbocycles. The Kier molecular flexibility index (Phi) is 5.66. The van der Waals surface area contributed by atoms with Crippen molar-refractivity contribution < 1.29 is 14.1 Å². The van der Waals surface area contributed by atoms with Gasteiger partial charge < -0.3 is 15.2 Å². The van der Waals surface area contributed by atoms with Crippen molar-refractivity contribution in [1.29, 1.82) is 0 Å². The normalized spacial score (nSPS) is 10.3. The van der Waals surface area contributed by atoms with Gasteiger partial charge in [0.05, 0.1) is 13.1 Å². The van der Waals surface area contributed by atoms with Gasteiger partial charge in [-0.3, -0.25) is 9.59 Å². The Morgan fingerprint density at radius 2 is 1.73 bits per heavy atom. The summed E-state index contributed by atoms with van der Waals surface area (Å²) in [6, 6.07) is 17.6. The lowest BCUT2D eigenvalue weighted by Gasteiger charge is -2.05. The summed E-state index contributed by atoms with van der Waals surface area (Å²) in [5.74, 6) is -0.0270. The fourth-order valence-corrected chi connectivity index (χ4v) is 2.38. The number of nitrogens with one attached hydrogen (secondary N) is 2. The highest BCUT2D eigenvalue weighted by Gasteiger charge is 2.10. The van der Waals surface area contributed by atoms with Gasteiger partial charge in [-0.2, -0.15) is 0 Å². The van der Waals surface area contributed by atoms with Crippen LogP contribution in [0.25, 0.3) is 11.3 Å². The Morgan fingerprint density at radius 1 is 1.00 bits per heavy atom. The summed E-state index contributed by atoms with van der Waals surface area (Å²) < 4.78 is 5.26. The number of hydrogen-bond acceptors (Lipinski definition) is 4. The average Bonchev–Trinajstić information content (AvgIpc) is 3.14. The minimum Gasteiger partial charge on any atom is -0.356 e. The minimum absolute atomic E-state index is 0.115. The van der Waals surface area contributed by atoms with Crippen LogP contribution < -0.4 is 10.6 Å². The Labute approximate surface area is 155 Å². The molecule has 0 aliphatic carbocycles. The average molecular weight is 370 g/mol. The second-order valence-corrected chi connectivity index (χ2v) is 5.95. The van der Waals surface area contributed by atoms with Gasteiger partial charge in [-0.25, -0.2) is 0 Å². The molecule has 0 unspecified atom stereocenters. The van der Waals surface area contributed by atoms with Crippen LogP contribution in [0.5, 0.6) is 0 Å². The zero-order chi connectivity index (χ0) is 18.4. The summed E-state index contributed by atoms with van der Waals surface area (Å²) in [5, 5.41) is 9.80. The molecule has 0 saturated carbocycles. The van der Waals surface area contributed by atoms with E-state index in [4.69, 9.17) is 16.1 Å². The van der Waals surface area contributed by atoms with Gasteiger partial charge in [0, 0.05) is 22.2 Å². The lowest BCUT2D eigenvalue weighted by molar-refractivity contribution is -0.120. The summed E-state index contributed by atoms with van der Waals surface area (Å²) in [6.45, 7) is 0.0900. The molecular weight excluding hydrogens is 354 g/mol. The Balaban J connectivity index is 1.47. The summed E-state index contributed by atoms with van der Waals surface area (Å²) in [7, 11) is 0. The van der Waals surface area contributed by atoms with Gasteiger partial charge in [-0.05, 0) is 36.4 Å². The van der Waals surface area contributed by atoms with Gasteiger partial charge in [0.25, 0.3) is 5.91 Å². The van der Waals surface area contributed by atoms with Crippen molar-refractivity contribution in [2.45, 2.75) is 6.54 Å². The van der Waals surface area contributed by atoms with E-state index in [2.05, 4.69) is 15.8 Å². The number of carbonyl (C=O) groups excluding carboxylic acids is 2. The zero-order valence-electron chi connectivity index (χ0n) is 13.7. The molecule has 0 fully saturated rings. The van der Waals surface area contributed by atoms with Crippen LogP contribution >= 0.6 is 11.6 Å². The van der Waals surface area contributed by atoms with E-state index in [1.807, 2.05) is 18.2 Å². The second-order valence-electron chi connectivity index (χ2n) is 5.51. The van der Waals surface area contributed by atoms with Crippen LogP contribution in [0, 0.1) is 0 Å². The highest BCUT2D eigenvalue weighted by Crippen LogP contribution is 2.22. The Bertz CT molecular complexity index is 892. The quantitative estimate of drug-likeness (QED) is 0.699. The third-order valence-corrected chi connectivity index (χ3v) is 3.85. The maximum absolute atomic E-state index is 11.9. The molecule has 3 aromatic rings. The first kappa shape index (κ1) is 17.7. The highest BCUT2D eigenvalue weighted by molar-refractivity contribution is 6.30. The first-order valence-electron chi connectivity index (χ1n) is 7.93. The fraction of sp³-hybridized carbons (Fsp3) is 0.105. The van der Waals surface area contributed by atoms with E-state index >= 15 is 0 Å². The highest BCUT2D eigenvalue weighted by atomic mass is 35.5. The number of amides is 2. The van der Waals surface area contributed by atoms with Crippen LogP contribution in [0.4, 0.5) is 0 Å². The number of hydrogen-bond donors (Lipinski definition) is 2. The predicted molar refractivity (Wildman–Crippen MR) is 97.6 cm³/mol. The summed E-state index contributed by atoms with van der Waals surface area (Å²) in [5.41, 5.74) is 1.93. The van der Waals surface area contributed by atoms with Gasteiger partial charge in [0.2, 0.25) is 5.91 Å². The molecule has 1 heterocycles. The lowest BCUT2D eigenvalue weighted by Crippen LogP contribution is -2.36. The third-order valence-electron chi connectivity index (χ3n) is 3.60. The molecule has 3 rings (SSSR count). The molecule has 0 bridgehead atoms. The molecule has 0 spiro atoms. The molecule has 0 radical (unpaired) electrons. The number of rotatable bonds is 6. The van der Waals surface area contributed by atoms with Crippen molar-refractivity contribution in [3.63, 3.8) is 0 Å². The first-order chi connectivity index (χ1) is 12.6. The molecule has 2 amide bonds. The van der Waals surface area contributed by atoms with Crippen molar-refractivity contribution >= 4 is 23.4 Å². The van der Waals surface area contributed by atoms with Gasteiger partial charge in [-0.15, -0.1) is 0 Å². The van der Waals surface area contributed by atoms with Crippen molar-refractivity contribution in [1.82, 2.24) is 15.8 Å². The maximum Gasteiger partial charge on any atom is 0.251 e. The number of benzene rings is 2. The SMILES string of the molecule is O=C(CNC(=O)c1ccccc1)NCc1cc(-c2ccc(Cl)cc2)on1. The van der Waals surface area contributed by atoms with E-state index in [9.17, 15) is 9.59 Å². The largest absolute Gasteiger partial charge is 0.356 e. The van der Waals surface area contributed by atoms with E-state index in [0.29, 0.717) is 22.0 Å². The minimum atomic E-state index is -0.315. The van der Waals surface area contributed by atoms with Crippen LogP contribution in [0.3, 0.4) is 0 Å². The molecule has 0 aliphatic rings. The van der Waals surface area contributed by atoms with E-state index in [1.165, 1.54) is 0 Å². The molecule has 6 nitrogen and oxygen atoms in total. The van der Waals surface area contributed by atoms with Crippen LogP contribution in [0.1, 0.15) is 16.1 Å². The molecule has 26 heavy (non-hydrogen) atoms. The molecule has 7 heteroatoms. The smallest absolute Gasteiger partial charge is 0.251 e. The first-order valence-corrected chi connectivity index (χ1v) is 8.31. The van der Waals surface area contributed by atoms with Crippen molar-refractivity contribution in [3.05, 3.63) is 76.9 Å². The van der Waals surface area contributed by atoms with E-state index < -0.39 is 0 Å². The second kappa shape index (κ2) is 8.31. The van der Waals surface area contributed by atoms with Crippen LogP contribution in [0.15, 0.2) is 65.2 Å². The summed E-state index contributed by atoms with van der Waals surface area (Å²) in [4.78, 5) is 23.7. The molecule has 0 atom stereocenters. The van der Waals surface area contributed by atoms with Crippen LogP contribution in [0.2, 0.25) is 5.02 Å². The Hall–Kier alpha value is -3.12. The molecular formula is C19H16ClN3O3. The molecule has 132 valence electrons. The topological polar surface area (TPSA) is 84.2 Å². The zero-order valence-corrected chi connectivity index (χ0v) is 14.5. The lowest BCUT2D eigenvalue weighted by atomic mass is 10.1. The van der Waals surface area contributed by atoms with Gasteiger partial charge in [-0.1, -0.05) is 35.0 Å². The maximum atomic E-state index is 11.9. The molecule has 0 saturated heterocycles. The number of carbonyl (C=O) groups is 2. The third kappa shape index (κ3) is 4.70. The van der Waals surface area contributed by atoms with E-state index in [0.717, 1.165) is 5.56 Å². The predicted octanol–water partition coefficient (Wildman–Crippen LogP) is 3.04. The number of aromatic nitrogens is 1. The van der Waals surface area contributed by atoms with Crippen molar-refractivity contribution in [2.24, 2.45) is 0 Å². The monoisotopic (exact) mass is 369 g/mol. The van der Waals surface area contributed by atoms with Crippen LogP contribution in [-0.2, 0) is 11.3 Å². The van der Waals surface area contributed by atoms with E-state index in [-0.39, 0.29) is 24.9 Å². The molecule has 0 aliphatic heterocycles. The van der Waals surface area contributed by atoms with E-state index in [1.54, 1.807) is 42.5 Å².